The Bertz CT molecular complexity index is 930. The van der Waals surface area contributed by atoms with Crippen LogP contribution in [0.15, 0.2) is 66.4 Å². The quantitative estimate of drug-likeness (QED) is 0.605. The second-order valence-corrected chi connectivity index (χ2v) is 7.69. The summed E-state index contributed by atoms with van der Waals surface area (Å²) in [6.07, 6.45) is 6.44. The fourth-order valence-corrected chi connectivity index (χ4v) is 4.37. The minimum absolute atomic E-state index is 0.0171. The van der Waals surface area contributed by atoms with Gasteiger partial charge in [0, 0.05) is 23.8 Å². The Morgan fingerprint density at radius 1 is 1.04 bits per heavy atom. The van der Waals surface area contributed by atoms with E-state index in [4.69, 9.17) is 0 Å². The van der Waals surface area contributed by atoms with Crippen LogP contribution in [0.5, 0.6) is 0 Å². The van der Waals surface area contributed by atoms with Gasteiger partial charge in [-0.2, -0.15) is 0 Å². The van der Waals surface area contributed by atoms with Crippen molar-refractivity contribution >= 4 is 33.3 Å². The second kappa shape index (κ2) is 5.60. The Balaban J connectivity index is 1.66. The van der Waals surface area contributed by atoms with E-state index in [1.807, 2.05) is 6.07 Å². The smallest absolute Gasteiger partial charge is 0.117 e. The average molecular weight is 332 g/mol. The van der Waals surface area contributed by atoms with E-state index in [0.717, 1.165) is 10.5 Å². The molecule has 3 aromatic rings. The third-order valence-electron chi connectivity index (χ3n) is 4.74. The minimum atomic E-state index is 0.0171. The van der Waals surface area contributed by atoms with Gasteiger partial charge in [-0.25, -0.2) is 4.98 Å². The van der Waals surface area contributed by atoms with Gasteiger partial charge in [0.2, 0.25) is 0 Å². The number of thiazole rings is 1. The predicted octanol–water partition coefficient (Wildman–Crippen LogP) is 5.62. The Morgan fingerprint density at radius 2 is 1.79 bits per heavy atom. The molecule has 1 aliphatic rings. The van der Waals surface area contributed by atoms with Gasteiger partial charge in [0.25, 0.3) is 0 Å². The summed E-state index contributed by atoms with van der Waals surface area (Å²) in [7, 11) is 2.14. The first kappa shape index (κ1) is 15.2. The number of fused-ring (bicyclic) bond motifs is 2. The highest BCUT2D eigenvalue weighted by molar-refractivity contribution is 7.19. The van der Waals surface area contributed by atoms with Crippen LogP contribution in [0.4, 0.5) is 5.69 Å². The maximum Gasteiger partial charge on any atom is 0.117 e. The summed E-state index contributed by atoms with van der Waals surface area (Å²) in [6.45, 7) is 4.57. The summed E-state index contributed by atoms with van der Waals surface area (Å²) >= 11 is 1.73. The summed E-state index contributed by atoms with van der Waals surface area (Å²) in [5.74, 6) is 0. The molecule has 0 spiro atoms. The first-order valence-electron chi connectivity index (χ1n) is 8.15. The number of aromatic nitrogens is 1. The third kappa shape index (κ3) is 2.36. The molecule has 120 valence electrons. The molecule has 0 atom stereocenters. The van der Waals surface area contributed by atoms with Gasteiger partial charge < -0.3 is 4.90 Å². The summed E-state index contributed by atoms with van der Waals surface area (Å²) in [4.78, 5) is 6.95. The maximum atomic E-state index is 4.66. The second-order valence-electron chi connectivity index (χ2n) is 6.63. The summed E-state index contributed by atoms with van der Waals surface area (Å²) in [5.41, 5.74) is 5.07. The monoisotopic (exact) mass is 332 g/mol. The molecule has 2 aromatic carbocycles. The standard InChI is InChI=1S/C21H20N2S/c1-21(2)15-9-4-6-11-17(15)23(3)19(21)13-8-14-20-22-16-10-5-7-12-18(16)24-20/h4-14H,1-3H3/b14-8+,19-13-. The highest BCUT2D eigenvalue weighted by atomic mass is 32.1. The number of nitrogens with zero attached hydrogens (tertiary/aromatic N) is 2. The number of anilines is 1. The first-order valence-corrected chi connectivity index (χ1v) is 8.97. The van der Waals surface area contributed by atoms with Gasteiger partial charge in [-0.1, -0.05) is 50.3 Å². The molecular weight excluding hydrogens is 312 g/mol. The van der Waals surface area contributed by atoms with Crippen molar-refractivity contribution in [3.8, 4) is 0 Å². The Hall–Kier alpha value is -2.39. The van der Waals surface area contributed by atoms with Crippen LogP contribution in [0.3, 0.4) is 0 Å². The number of hydrogen-bond acceptors (Lipinski definition) is 3. The molecule has 0 radical (unpaired) electrons. The lowest BCUT2D eigenvalue weighted by Crippen LogP contribution is -2.22. The molecule has 0 fully saturated rings. The first-order chi connectivity index (χ1) is 11.6. The SMILES string of the molecule is CN1/C(=C\C=C\c2nc3ccccc3s2)C(C)(C)c2ccccc21. The normalized spacial score (nSPS) is 18.0. The van der Waals surface area contributed by atoms with Gasteiger partial charge in [-0.15, -0.1) is 11.3 Å². The zero-order valence-electron chi connectivity index (χ0n) is 14.2. The highest BCUT2D eigenvalue weighted by Gasteiger charge is 2.37. The molecule has 3 heteroatoms. The fourth-order valence-electron chi connectivity index (χ4n) is 3.48. The Labute approximate surface area is 146 Å². The Morgan fingerprint density at radius 3 is 2.58 bits per heavy atom. The third-order valence-corrected chi connectivity index (χ3v) is 5.75. The van der Waals surface area contributed by atoms with E-state index in [1.165, 1.54) is 21.6 Å². The van der Waals surface area contributed by atoms with Crippen LogP contribution in [-0.2, 0) is 5.41 Å². The van der Waals surface area contributed by atoms with Gasteiger partial charge in [0.05, 0.1) is 10.2 Å². The molecule has 0 saturated heterocycles. The van der Waals surface area contributed by atoms with Crippen molar-refractivity contribution in [2.45, 2.75) is 19.3 Å². The van der Waals surface area contributed by atoms with Crippen molar-refractivity contribution < 1.29 is 0 Å². The van der Waals surface area contributed by atoms with Crippen molar-refractivity contribution in [3.05, 3.63) is 77.0 Å². The van der Waals surface area contributed by atoms with Crippen LogP contribution < -0.4 is 4.90 Å². The number of rotatable bonds is 2. The van der Waals surface area contributed by atoms with Crippen molar-refractivity contribution in [2.24, 2.45) is 0 Å². The number of allylic oxidation sites excluding steroid dienone is 3. The van der Waals surface area contributed by atoms with Crippen molar-refractivity contribution in [1.82, 2.24) is 4.98 Å². The lowest BCUT2D eigenvalue weighted by atomic mass is 9.84. The molecule has 0 aliphatic carbocycles. The van der Waals surface area contributed by atoms with Crippen molar-refractivity contribution in [3.63, 3.8) is 0 Å². The lowest BCUT2D eigenvalue weighted by Gasteiger charge is -2.23. The van der Waals surface area contributed by atoms with E-state index in [9.17, 15) is 0 Å². The van der Waals surface area contributed by atoms with Gasteiger partial charge in [-0.3, -0.25) is 0 Å². The lowest BCUT2D eigenvalue weighted by molar-refractivity contribution is 0.640. The molecule has 1 aromatic heterocycles. The largest absolute Gasteiger partial charge is 0.347 e. The molecule has 0 amide bonds. The zero-order chi connectivity index (χ0) is 16.7. The van der Waals surface area contributed by atoms with E-state index in [2.05, 4.69) is 91.5 Å². The average Bonchev–Trinajstić information content (AvgIpc) is 3.07. The van der Waals surface area contributed by atoms with E-state index >= 15 is 0 Å². The highest BCUT2D eigenvalue weighted by Crippen LogP contribution is 2.46. The van der Waals surface area contributed by atoms with Crippen molar-refractivity contribution in [2.75, 3.05) is 11.9 Å². The van der Waals surface area contributed by atoms with Gasteiger partial charge in [-0.05, 0) is 35.9 Å². The van der Waals surface area contributed by atoms with Crippen LogP contribution in [0, 0.1) is 0 Å². The molecule has 1 aliphatic heterocycles. The summed E-state index contributed by atoms with van der Waals surface area (Å²) in [5, 5.41) is 1.05. The topological polar surface area (TPSA) is 16.1 Å². The molecule has 2 heterocycles. The van der Waals surface area contributed by atoms with Gasteiger partial charge >= 0.3 is 0 Å². The number of hydrogen-bond donors (Lipinski definition) is 0. The van der Waals surface area contributed by atoms with E-state index in [0.29, 0.717) is 0 Å². The molecule has 0 bridgehead atoms. The minimum Gasteiger partial charge on any atom is -0.347 e. The molecule has 0 N–H and O–H groups in total. The molecule has 4 rings (SSSR count). The Kier molecular flexibility index (Phi) is 3.54. The van der Waals surface area contributed by atoms with Crippen LogP contribution in [0.1, 0.15) is 24.4 Å². The molecule has 0 saturated carbocycles. The molecule has 2 nitrogen and oxygen atoms in total. The summed E-state index contributed by atoms with van der Waals surface area (Å²) < 4.78 is 1.23. The number of benzene rings is 2. The van der Waals surface area contributed by atoms with Crippen LogP contribution in [-0.4, -0.2) is 12.0 Å². The summed E-state index contributed by atoms with van der Waals surface area (Å²) in [6, 6.07) is 16.9. The maximum absolute atomic E-state index is 4.66. The molecule has 24 heavy (non-hydrogen) atoms. The van der Waals surface area contributed by atoms with Crippen LogP contribution >= 0.6 is 11.3 Å². The van der Waals surface area contributed by atoms with Crippen LogP contribution in [0.25, 0.3) is 16.3 Å². The number of likely N-dealkylation sites (N-methyl/N-ethyl adjacent to an activating group) is 1. The predicted molar refractivity (Wildman–Crippen MR) is 105 cm³/mol. The van der Waals surface area contributed by atoms with Crippen LogP contribution in [0.2, 0.25) is 0 Å². The van der Waals surface area contributed by atoms with E-state index < -0.39 is 0 Å². The van der Waals surface area contributed by atoms with E-state index in [-0.39, 0.29) is 5.41 Å². The van der Waals surface area contributed by atoms with Gasteiger partial charge in [0.1, 0.15) is 5.01 Å². The van der Waals surface area contributed by atoms with Crippen molar-refractivity contribution in [1.29, 1.82) is 0 Å². The molecular formula is C21H20N2S. The van der Waals surface area contributed by atoms with Gasteiger partial charge in [0.15, 0.2) is 0 Å². The zero-order valence-corrected chi connectivity index (χ0v) is 15.0. The fraction of sp³-hybridized carbons (Fsp3) is 0.190. The number of para-hydroxylation sites is 2. The van der Waals surface area contributed by atoms with E-state index in [1.54, 1.807) is 11.3 Å². The molecule has 0 unspecified atom stereocenters.